The van der Waals surface area contributed by atoms with Gasteiger partial charge in [-0.1, -0.05) is 92.0 Å². The van der Waals surface area contributed by atoms with Crippen molar-refractivity contribution in [2.45, 2.75) is 87.6 Å². The van der Waals surface area contributed by atoms with Gasteiger partial charge in [0.05, 0.1) is 6.42 Å². The van der Waals surface area contributed by atoms with Crippen LogP contribution in [0.2, 0.25) is 0 Å². The van der Waals surface area contributed by atoms with Crippen molar-refractivity contribution in [3.05, 3.63) is 71.3 Å². The van der Waals surface area contributed by atoms with E-state index in [1.54, 1.807) is 4.68 Å². The average Bonchev–Trinajstić information content (AvgIpc) is 3.32. The number of aliphatic carboxylic acids is 2. The lowest BCUT2D eigenvalue weighted by atomic mass is 9.97. The Labute approximate surface area is 222 Å². The Kier molecular flexibility index (Phi) is 12.1. The molecule has 0 aliphatic carbocycles. The number of hydrogen-bond donors (Lipinski definition) is 2. The topological polar surface area (TPSA) is 118 Å². The molecule has 2 aromatic carbocycles. The van der Waals surface area contributed by atoms with Crippen molar-refractivity contribution in [3.63, 3.8) is 0 Å². The lowest BCUT2D eigenvalue weighted by molar-refractivity contribution is -0.138. The molecule has 9 heteroatoms. The number of carboxylic acids is 2. The summed E-state index contributed by atoms with van der Waals surface area (Å²) in [5, 5.41) is 30.4. The molecule has 0 amide bonds. The zero-order valence-electron chi connectivity index (χ0n) is 21.2. The fourth-order valence-corrected chi connectivity index (χ4v) is 5.54. The fourth-order valence-electron chi connectivity index (χ4n) is 4.37. The maximum absolute atomic E-state index is 11.7. The molecule has 1 heterocycles. The van der Waals surface area contributed by atoms with Crippen molar-refractivity contribution < 1.29 is 19.8 Å². The number of rotatable bonds is 18. The second kappa shape index (κ2) is 15.8. The number of benzene rings is 2. The molecule has 1 unspecified atom stereocenters. The quantitative estimate of drug-likeness (QED) is 0.154. The van der Waals surface area contributed by atoms with Crippen LogP contribution in [0, 0.1) is 0 Å². The molecule has 37 heavy (non-hydrogen) atoms. The summed E-state index contributed by atoms with van der Waals surface area (Å²) in [5.41, 5.74) is 3.57. The van der Waals surface area contributed by atoms with Crippen molar-refractivity contribution in [1.82, 2.24) is 20.2 Å². The minimum absolute atomic E-state index is 0.0262. The first-order valence-electron chi connectivity index (χ1n) is 13.0. The highest BCUT2D eigenvalue weighted by Crippen LogP contribution is 2.38. The Balaban J connectivity index is 1.50. The highest BCUT2D eigenvalue weighted by Gasteiger charge is 2.23. The van der Waals surface area contributed by atoms with Crippen LogP contribution in [0.4, 0.5) is 0 Å². The number of nitrogens with zero attached hydrogens (tertiary/aromatic N) is 4. The van der Waals surface area contributed by atoms with E-state index in [1.165, 1.54) is 43.0 Å². The smallest absolute Gasteiger partial charge is 0.304 e. The third-order valence-corrected chi connectivity index (χ3v) is 7.48. The first-order valence-corrected chi connectivity index (χ1v) is 13.9. The minimum atomic E-state index is -0.882. The van der Waals surface area contributed by atoms with E-state index in [9.17, 15) is 14.7 Å². The third-order valence-electron chi connectivity index (χ3n) is 6.27. The van der Waals surface area contributed by atoms with Crippen molar-refractivity contribution in [2.24, 2.45) is 0 Å². The molecule has 0 aliphatic rings. The summed E-state index contributed by atoms with van der Waals surface area (Å²) in [5.74, 6) is -1.75. The number of unbranched alkanes of at least 4 members (excludes halogenated alkanes) is 5. The number of carboxylic acid groups (broad SMARTS) is 2. The van der Waals surface area contributed by atoms with E-state index >= 15 is 0 Å². The molecule has 0 fully saturated rings. The summed E-state index contributed by atoms with van der Waals surface area (Å²) in [6.07, 6.45) is 9.53. The van der Waals surface area contributed by atoms with Crippen LogP contribution in [0.3, 0.4) is 0 Å². The van der Waals surface area contributed by atoms with Gasteiger partial charge in [0.2, 0.25) is 5.16 Å². The molecule has 3 rings (SSSR count). The van der Waals surface area contributed by atoms with Gasteiger partial charge >= 0.3 is 11.9 Å². The van der Waals surface area contributed by atoms with Crippen LogP contribution < -0.4 is 0 Å². The van der Waals surface area contributed by atoms with Crippen LogP contribution in [0.15, 0.2) is 59.8 Å². The van der Waals surface area contributed by atoms with Gasteiger partial charge in [0.25, 0.3) is 0 Å². The summed E-state index contributed by atoms with van der Waals surface area (Å²) < 4.78 is 1.56. The van der Waals surface area contributed by atoms with Gasteiger partial charge in [0.15, 0.2) is 0 Å². The second-order valence-electron chi connectivity index (χ2n) is 9.19. The summed E-state index contributed by atoms with van der Waals surface area (Å²) in [4.78, 5) is 22.5. The fraction of sp³-hybridized carbons (Fsp3) is 0.464. The standard InChI is InChI=1S/C28H36N4O4S/c33-26(34)19-12-20-32-28(29-30-31-32)37-25(21-27(35)36)24-18-11-10-17-23(24)16-9-4-2-1-3-6-13-22-14-7-5-8-15-22/h5,7-8,10-11,14-15,17-18,25H,1-4,6,9,12-13,16,19-21H2,(H,33,34)(H,35,36). The molecular weight excluding hydrogens is 488 g/mol. The van der Waals surface area contributed by atoms with Crippen molar-refractivity contribution in [1.29, 1.82) is 0 Å². The van der Waals surface area contributed by atoms with Crippen molar-refractivity contribution in [3.8, 4) is 0 Å². The highest BCUT2D eigenvalue weighted by molar-refractivity contribution is 7.99. The molecule has 1 atom stereocenters. The minimum Gasteiger partial charge on any atom is -0.481 e. The summed E-state index contributed by atoms with van der Waals surface area (Å²) in [6, 6.07) is 18.6. The zero-order chi connectivity index (χ0) is 26.3. The van der Waals surface area contributed by atoms with Crippen LogP contribution in [0.1, 0.15) is 79.7 Å². The number of hydrogen-bond acceptors (Lipinski definition) is 6. The van der Waals surface area contributed by atoms with E-state index in [-0.39, 0.29) is 18.1 Å². The van der Waals surface area contributed by atoms with Crippen LogP contribution in [0.25, 0.3) is 0 Å². The molecule has 0 saturated carbocycles. The number of thioether (sulfide) groups is 1. The summed E-state index contributed by atoms with van der Waals surface area (Å²) >= 11 is 1.33. The second-order valence-corrected chi connectivity index (χ2v) is 10.4. The van der Waals surface area contributed by atoms with Crippen molar-refractivity contribution in [2.75, 3.05) is 0 Å². The SMILES string of the molecule is O=C(O)CCCn1nnnc1SC(CC(=O)O)c1ccccc1CCCCCCCCc1ccccc1. The number of tetrazole rings is 1. The molecule has 3 aromatic rings. The van der Waals surface area contributed by atoms with E-state index in [0.29, 0.717) is 18.1 Å². The van der Waals surface area contributed by atoms with Gasteiger partial charge in [0, 0.05) is 18.2 Å². The first-order chi connectivity index (χ1) is 18.0. The maximum atomic E-state index is 11.7. The number of carbonyl (C=O) groups is 2. The van der Waals surface area contributed by atoms with E-state index in [1.807, 2.05) is 18.2 Å². The normalized spacial score (nSPS) is 11.9. The van der Waals surface area contributed by atoms with Crippen LogP contribution in [-0.4, -0.2) is 42.4 Å². The molecule has 0 spiro atoms. The Hall–Kier alpha value is -3.20. The Morgan fingerprint density at radius 2 is 1.49 bits per heavy atom. The van der Waals surface area contributed by atoms with Gasteiger partial charge in [-0.05, 0) is 59.2 Å². The monoisotopic (exact) mass is 524 g/mol. The van der Waals surface area contributed by atoms with E-state index < -0.39 is 11.9 Å². The molecule has 0 aliphatic heterocycles. The summed E-state index contributed by atoms with van der Waals surface area (Å²) in [6.45, 7) is 0.369. The zero-order valence-corrected chi connectivity index (χ0v) is 22.0. The first kappa shape index (κ1) is 28.4. The summed E-state index contributed by atoms with van der Waals surface area (Å²) in [7, 11) is 0. The molecule has 0 saturated heterocycles. The molecule has 198 valence electrons. The molecule has 0 bridgehead atoms. The van der Waals surface area contributed by atoms with Gasteiger partial charge in [-0.3, -0.25) is 9.59 Å². The number of aryl methyl sites for hydroxylation is 3. The van der Waals surface area contributed by atoms with Crippen LogP contribution in [0.5, 0.6) is 0 Å². The van der Waals surface area contributed by atoms with E-state index in [0.717, 1.165) is 36.8 Å². The maximum Gasteiger partial charge on any atom is 0.304 e. The van der Waals surface area contributed by atoms with Crippen LogP contribution in [-0.2, 0) is 29.0 Å². The number of aromatic nitrogens is 4. The van der Waals surface area contributed by atoms with Gasteiger partial charge in [-0.2, -0.15) is 0 Å². The molecule has 0 radical (unpaired) electrons. The van der Waals surface area contributed by atoms with Crippen molar-refractivity contribution >= 4 is 23.7 Å². The lowest BCUT2D eigenvalue weighted by Crippen LogP contribution is -2.09. The third kappa shape index (κ3) is 10.4. The van der Waals surface area contributed by atoms with Gasteiger partial charge in [-0.25, -0.2) is 4.68 Å². The predicted molar refractivity (Wildman–Crippen MR) is 144 cm³/mol. The Morgan fingerprint density at radius 1 is 0.811 bits per heavy atom. The average molecular weight is 525 g/mol. The van der Waals surface area contributed by atoms with Crippen LogP contribution >= 0.6 is 11.8 Å². The molecule has 8 nitrogen and oxygen atoms in total. The van der Waals surface area contributed by atoms with Gasteiger partial charge < -0.3 is 10.2 Å². The van der Waals surface area contributed by atoms with E-state index in [4.69, 9.17) is 5.11 Å². The molecule has 1 aromatic heterocycles. The lowest BCUT2D eigenvalue weighted by Gasteiger charge is -2.18. The largest absolute Gasteiger partial charge is 0.481 e. The molecule has 2 N–H and O–H groups in total. The van der Waals surface area contributed by atoms with E-state index in [2.05, 4.69) is 51.9 Å². The van der Waals surface area contributed by atoms with Gasteiger partial charge in [-0.15, -0.1) is 5.10 Å². The predicted octanol–water partition coefficient (Wildman–Crippen LogP) is 5.97. The Bertz CT molecular complexity index is 1110. The molecular formula is C28H36N4O4S. The van der Waals surface area contributed by atoms with Gasteiger partial charge in [0.1, 0.15) is 0 Å². The highest BCUT2D eigenvalue weighted by atomic mass is 32.2. The Morgan fingerprint density at radius 3 is 2.22 bits per heavy atom.